The second-order valence-corrected chi connectivity index (χ2v) is 15.2. The van der Waals surface area contributed by atoms with E-state index >= 15 is 0 Å². The zero-order chi connectivity index (χ0) is 35.8. The maximum absolute atomic E-state index is 13.4. The van der Waals surface area contributed by atoms with Crippen molar-refractivity contribution in [2.75, 3.05) is 31.2 Å². The first-order valence-electron chi connectivity index (χ1n) is 16.9. The van der Waals surface area contributed by atoms with E-state index in [2.05, 4.69) is 27.8 Å². The van der Waals surface area contributed by atoms with Gasteiger partial charge in [-0.25, -0.2) is 4.98 Å². The molecule has 1 aliphatic heterocycles. The molecule has 2 heterocycles. The Morgan fingerprint density at radius 1 is 0.820 bits per heavy atom. The van der Waals surface area contributed by atoms with Gasteiger partial charge in [-0.1, -0.05) is 71.5 Å². The fourth-order valence-electron chi connectivity index (χ4n) is 5.16. The van der Waals surface area contributed by atoms with Crippen molar-refractivity contribution in [3.63, 3.8) is 0 Å². The maximum Gasteiger partial charge on any atom is 0.244 e. The molecule has 3 aromatic rings. The molecule has 0 saturated heterocycles. The third-order valence-electron chi connectivity index (χ3n) is 8.11. The molecule has 0 radical (unpaired) electrons. The molecule has 1 aromatic heterocycles. The summed E-state index contributed by atoms with van der Waals surface area (Å²) in [6.07, 6.45) is 9.04. The highest BCUT2D eigenvalue weighted by molar-refractivity contribution is 8.77. The van der Waals surface area contributed by atoms with Gasteiger partial charge in [0.25, 0.3) is 0 Å². The number of carbonyl (C=O) groups excluding carboxylic acids is 3. The predicted octanol–water partition coefficient (Wildman–Crippen LogP) is 7.44. The van der Waals surface area contributed by atoms with Gasteiger partial charge in [-0.2, -0.15) is 0 Å². The molecular formula is C39H48N4O5S2. The van der Waals surface area contributed by atoms with Crippen molar-refractivity contribution in [1.82, 2.24) is 15.6 Å². The van der Waals surface area contributed by atoms with Crippen LogP contribution < -0.4 is 15.5 Å². The average Bonchev–Trinajstić information content (AvgIpc) is 3.09. The van der Waals surface area contributed by atoms with Gasteiger partial charge >= 0.3 is 0 Å². The number of nitrogens with zero attached hydrogens (tertiary/aromatic N) is 2. The van der Waals surface area contributed by atoms with Gasteiger partial charge in [-0.05, 0) is 91.6 Å². The topological polar surface area (TPSA) is 110 Å². The zero-order valence-corrected chi connectivity index (χ0v) is 31.0. The van der Waals surface area contributed by atoms with Crippen molar-refractivity contribution in [1.29, 1.82) is 0 Å². The van der Waals surface area contributed by atoms with E-state index in [1.165, 1.54) is 27.7 Å². The SMILES string of the molecule is CC(C)(CCOC(C)(C)CCC(=O)NCCC(=O)N1Cc2ccccc2/C=C\c2ccccc21)OCCNC(=O)/C=C/SSc1ccccn1. The molecule has 9 nitrogen and oxygen atoms in total. The lowest BCUT2D eigenvalue weighted by molar-refractivity contribution is -0.123. The van der Waals surface area contributed by atoms with Crippen LogP contribution in [0.25, 0.3) is 12.2 Å². The third-order valence-corrected chi connectivity index (χ3v) is 10.00. The molecular weight excluding hydrogens is 669 g/mol. The Morgan fingerprint density at radius 2 is 1.52 bits per heavy atom. The molecule has 11 heteroatoms. The Kier molecular flexibility index (Phi) is 15.2. The molecule has 0 fully saturated rings. The first-order chi connectivity index (χ1) is 24.0. The number of pyridine rings is 1. The molecule has 1 aliphatic rings. The van der Waals surface area contributed by atoms with Gasteiger partial charge in [0.1, 0.15) is 5.03 Å². The minimum absolute atomic E-state index is 0.0404. The highest BCUT2D eigenvalue weighted by atomic mass is 33.1. The second kappa shape index (κ2) is 19.5. The Labute approximate surface area is 304 Å². The minimum Gasteiger partial charge on any atom is -0.375 e. The zero-order valence-electron chi connectivity index (χ0n) is 29.4. The van der Waals surface area contributed by atoms with E-state index in [1.807, 2.05) is 99.3 Å². The monoisotopic (exact) mass is 716 g/mol. The lowest BCUT2D eigenvalue weighted by Crippen LogP contribution is -2.36. The molecule has 0 spiro atoms. The Bertz CT molecular complexity index is 1630. The van der Waals surface area contributed by atoms with Gasteiger partial charge in [-0.15, -0.1) is 0 Å². The minimum atomic E-state index is -0.508. The lowest BCUT2D eigenvalue weighted by Gasteiger charge is -2.30. The van der Waals surface area contributed by atoms with Crippen molar-refractivity contribution in [3.8, 4) is 0 Å². The van der Waals surface area contributed by atoms with Crippen LogP contribution in [0.5, 0.6) is 0 Å². The van der Waals surface area contributed by atoms with E-state index < -0.39 is 11.2 Å². The molecule has 0 atom stereocenters. The van der Waals surface area contributed by atoms with Crippen LogP contribution in [0.1, 0.15) is 70.1 Å². The van der Waals surface area contributed by atoms with Crippen molar-refractivity contribution >= 4 is 57.1 Å². The number of rotatable bonds is 18. The number of hydrogen-bond donors (Lipinski definition) is 2. The highest BCUT2D eigenvalue weighted by Crippen LogP contribution is 2.30. The molecule has 0 unspecified atom stereocenters. The number of carbonyl (C=O) groups is 3. The van der Waals surface area contributed by atoms with Crippen LogP contribution in [-0.4, -0.2) is 60.2 Å². The Balaban J connectivity index is 1.10. The van der Waals surface area contributed by atoms with Crippen LogP contribution in [-0.2, 0) is 30.4 Å². The molecule has 0 bridgehead atoms. The van der Waals surface area contributed by atoms with E-state index in [1.54, 1.807) is 11.6 Å². The molecule has 4 rings (SSSR count). The number of amides is 3. The summed E-state index contributed by atoms with van der Waals surface area (Å²) < 4.78 is 12.1. The summed E-state index contributed by atoms with van der Waals surface area (Å²) in [5, 5.41) is 8.37. The van der Waals surface area contributed by atoms with E-state index in [9.17, 15) is 14.4 Å². The maximum atomic E-state index is 13.4. The highest BCUT2D eigenvalue weighted by Gasteiger charge is 2.24. The molecule has 0 aliphatic carbocycles. The number of fused-ring (bicyclic) bond motifs is 2. The molecule has 0 saturated carbocycles. The van der Waals surface area contributed by atoms with Gasteiger partial charge in [0, 0.05) is 38.2 Å². The number of para-hydroxylation sites is 1. The summed E-state index contributed by atoms with van der Waals surface area (Å²) in [5.41, 5.74) is 3.06. The first-order valence-corrected chi connectivity index (χ1v) is 19.1. The fourth-order valence-corrected chi connectivity index (χ4v) is 6.66. The standard InChI is InChI=1S/C39H48N4O5S2/c1-38(2,47-26-22-39(3,4)48-27-25-41-35(45)20-28-49-50-36-15-9-10-23-42-36)21-18-34(44)40-24-19-37(46)43-29-32-13-6-5-11-30(32)16-17-31-12-7-8-14-33(31)43/h5-17,20,23,28H,18-19,21-22,24-27,29H2,1-4H3,(H,40,44)(H,41,45)/b17-16-,28-20+. The molecule has 2 aromatic carbocycles. The van der Waals surface area contributed by atoms with Gasteiger partial charge in [-0.3, -0.25) is 14.4 Å². The van der Waals surface area contributed by atoms with Crippen LogP contribution in [0.2, 0.25) is 0 Å². The quantitative estimate of drug-likeness (QED) is 0.0795. The van der Waals surface area contributed by atoms with E-state index in [0.29, 0.717) is 45.6 Å². The van der Waals surface area contributed by atoms with Crippen LogP contribution in [0.4, 0.5) is 5.69 Å². The lowest BCUT2D eigenvalue weighted by atomic mass is 10.0. The second-order valence-electron chi connectivity index (χ2n) is 13.1. The van der Waals surface area contributed by atoms with Crippen molar-refractivity contribution in [2.45, 2.75) is 76.2 Å². The third kappa shape index (κ3) is 13.4. The Morgan fingerprint density at radius 3 is 2.32 bits per heavy atom. The van der Waals surface area contributed by atoms with Crippen LogP contribution >= 0.6 is 21.6 Å². The molecule has 50 heavy (non-hydrogen) atoms. The van der Waals surface area contributed by atoms with Gasteiger partial charge in [0.2, 0.25) is 17.7 Å². The molecule has 2 N–H and O–H groups in total. The Hall–Kier alpha value is -3.90. The van der Waals surface area contributed by atoms with Crippen molar-refractivity contribution in [2.24, 2.45) is 0 Å². The molecule has 266 valence electrons. The van der Waals surface area contributed by atoms with Crippen LogP contribution in [0.15, 0.2) is 89.4 Å². The number of ether oxygens (including phenoxy) is 2. The number of hydrogen-bond acceptors (Lipinski definition) is 8. The predicted molar refractivity (Wildman–Crippen MR) is 204 cm³/mol. The summed E-state index contributed by atoms with van der Waals surface area (Å²) in [5.74, 6) is -0.327. The van der Waals surface area contributed by atoms with Gasteiger partial charge < -0.3 is 25.0 Å². The summed E-state index contributed by atoms with van der Waals surface area (Å²) in [6, 6.07) is 21.7. The van der Waals surface area contributed by atoms with Crippen molar-refractivity contribution in [3.05, 3.63) is 101 Å². The average molecular weight is 717 g/mol. The summed E-state index contributed by atoms with van der Waals surface area (Å²) in [6.45, 7) is 9.90. The smallest absolute Gasteiger partial charge is 0.244 e. The summed E-state index contributed by atoms with van der Waals surface area (Å²) in [4.78, 5) is 44.2. The van der Waals surface area contributed by atoms with Crippen molar-refractivity contribution < 1.29 is 23.9 Å². The van der Waals surface area contributed by atoms with Crippen LogP contribution in [0, 0.1) is 0 Å². The van der Waals surface area contributed by atoms with Gasteiger partial charge in [0.05, 0.1) is 36.6 Å². The summed E-state index contributed by atoms with van der Waals surface area (Å²) in [7, 11) is 2.91. The number of benzene rings is 2. The number of aromatic nitrogens is 1. The van der Waals surface area contributed by atoms with E-state index in [4.69, 9.17) is 9.47 Å². The summed E-state index contributed by atoms with van der Waals surface area (Å²) >= 11 is 0. The number of anilines is 1. The first kappa shape index (κ1) is 38.9. The fraction of sp³-hybridized carbons (Fsp3) is 0.385. The van der Waals surface area contributed by atoms with Gasteiger partial charge in [0.15, 0.2) is 0 Å². The largest absolute Gasteiger partial charge is 0.375 e. The van der Waals surface area contributed by atoms with E-state index in [0.717, 1.165) is 27.4 Å². The normalized spacial score (nSPS) is 13.6. The van der Waals surface area contributed by atoms with E-state index in [-0.39, 0.29) is 30.7 Å². The number of nitrogens with one attached hydrogen (secondary N) is 2. The molecule has 3 amide bonds. The van der Waals surface area contributed by atoms with Crippen LogP contribution in [0.3, 0.4) is 0 Å².